The van der Waals surface area contributed by atoms with Gasteiger partial charge in [0.1, 0.15) is 0 Å². The molecular formula is C17H27N3O. The van der Waals surface area contributed by atoms with Gasteiger partial charge in [-0.05, 0) is 38.6 Å². The molecular weight excluding hydrogens is 262 g/mol. The summed E-state index contributed by atoms with van der Waals surface area (Å²) in [5.41, 5.74) is 2.21. The van der Waals surface area contributed by atoms with Crippen LogP contribution in [0.5, 0.6) is 0 Å². The third kappa shape index (κ3) is 4.55. The van der Waals surface area contributed by atoms with Gasteiger partial charge in [-0.1, -0.05) is 12.1 Å². The highest BCUT2D eigenvalue weighted by Crippen LogP contribution is 2.17. The van der Waals surface area contributed by atoms with Gasteiger partial charge in [-0.3, -0.25) is 4.79 Å². The summed E-state index contributed by atoms with van der Waals surface area (Å²) in [6, 6.07) is 8.18. The first-order chi connectivity index (χ1) is 10.1. The Morgan fingerprint density at radius 2 is 1.95 bits per heavy atom. The fraction of sp³-hybridized carbons (Fsp3) is 0.588. The first-order valence-corrected chi connectivity index (χ1v) is 7.88. The molecule has 116 valence electrons. The average Bonchev–Trinajstić information content (AvgIpc) is 2.47. The van der Waals surface area contributed by atoms with Gasteiger partial charge < -0.3 is 14.7 Å². The molecule has 4 nitrogen and oxygen atoms in total. The standard InChI is InChI=1S/C17H27N3O/c1-4-20(16-7-5-6-15(2)14-16)17(21)8-9-19-12-10-18(3)11-13-19/h5-7,14H,4,8-13H2,1-3H3. The Bertz CT molecular complexity index is 467. The lowest BCUT2D eigenvalue weighted by atomic mass is 10.2. The monoisotopic (exact) mass is 289 g/mol. The molecule has 0 N–H and O–H groups in total. The fourth-order valence-electron chi connectivity index (χ4n) is 2.76. The van der Waals surface area contributed by atoms with E-state index in [0.29, 0.717) is 6.42 Å². The fourth-order valence-corrected chi connectivity index (χ4v) is 2.76. The smallest absolute Gasteiger partial charge is 0.228 e. The number of piperazine rings is 1. The van der Waals surface area contributed by atoms with Crippen LogP contribution in [0.4, 0.5) is 5.69 Å². The summed E-state index contributed by atoms with van der Waals surface area (Å²) in [4.78, 5) is 19.1. The van der Waals surface area contributed by atoms with E-state index in [0.717, 1.165) is 45.0 Å². The minimum Gasteiger partial charge on any atom is -0.313 e. The molecule has 0 radical (unpaired) electrons. The van der Waals surface area contributed by atoms with Crippen LogP contribution in [-0.2, 0) is 4.79 Å². The largest absolute Gasteiger partial charge is 0.313 e. The van der Waals surface area contributed by atoms with E-state index in [1.165, 1.54) is 5.56 Å². The second-order valence-electron chi connectivity index (χ2n) is 5.87. The van der Waals surface area contributed by atoms with Crippen LogP contribution in [0.25, 0.3) is 0 Å². The van der Waals surface area contributed by atoms with E-state index >= 15 is 0 Å². The predicted molar refractivity (Wildman–Crippen MR) is 87.8 cm³/mol. The summed E-state index contributed by atoms with van der Waals surface area (Å²) in [5.74, 6) is 0.224. The molecule has 0 atom stereocenters. The van der Waals surface area contributed by atoms with Crippen molar-refractivity contribution in [2.24, 2.45) is 0 Å². The quantitative estimate of drug-likeness (QED) is 0.829. The predicted octanol–water partition coefficient (Wildman–Crippen LogP) is 1.99. The number of carbonyl (C=O) groups is 1. The molecule has 21 heavy (non-hydrogen) atoms. The maximum atomic E-state index is 12.5. The van der Waals surface area contributed by atoms with Crippen molar-refractivity contribution in [1.82, 2.24) is 9.80 Å². The second-order valence-corrected chi connectivity index (χ2v) is 5.87. The number of aryl methyl sites for hydroxylation is 1. The molecule has 2 rings (SSSR count). The van der Waals surface area contributed by atoms with Crippen molar-refractivity contribution in [2.45, 2.75) is 20.3 Å². The van der Waals surface area contributed by atoms with Crippen molar-refractivity contribution in [1.29, 1.82) is 0 Å². The van der Waals surface area contributed by atoms with Gasteiger partial charge in [0.15, 0.2) is 0 Å². The first-order valence-electron chi connectivity index (χ1n) is 7.88. The van der Waals surface area contributed by atoms with Gasteiger partial charge in [-0.15, -0.1) is 0 Å². The first kappa shape index (κ1) is 16.0. The van der Waals surface area contributed by atoms with Crippen LogP contribution >= 0.6 is 0 Å². The zero-order valence-electron chi connectivity index (χ0n) is 13.5. The van der Waals surface area contributed by atoms with Gasteiger partial charge >= 0.3 is 0 Å². The summed E-state index contributed by atoms with van der Waals surface area (Å²) < 4.78 is 0. The molecule has 1 aliphatic heterocycles. The lowest BCUT2D eigenvalue weighted by Crippen LogP contribution is -2.45. The Hall–Kier alpha value is -1.39. The molecule has 1 heterocycles. The van der Waals surface area contributed by atoms with Crippen LogP contribution < -0.4 is 4.90 Å². The van der Waals surface area contributed by atoms with Gasteiger partial charge in [0.05, 0.1) is 0 Å². The van der Waals surface area contributed by atoms with Crippen molar-refractivity contribution in [2.75, 3.05) is 51.2 Å². The van der Waals surface area contributed by atoms with Crippen molar-refractivity contribution in [3.05, 3.63) is 29.8 Å². The Morgan fingerprint density at radius 3 is 2.57 bits per heavy atom. The van der Waals surface area contributed by atoms with Crippen LogP contribution in [0.2, 0.25) is 0 Å². The number of hydrogen-bond donors (Lipinski definition) is 0. The van der Waals surface area contributed by atoms with Gasteiger partial charge in [-0.2, -0.15) is 0 Å². The van der Waals surface area contributed by atoms with E-state index in [9.17, 15) is 4.79 Å². The molecule has 0 aromatic heterocycles. The van der Waals surface area contributed by atoms with Crippen LogP contribution in [0.15, 0.2) is 24.3 Å². The molecule has 1 saturated heterocycles. The molecule has 0 unspecified atom stereocenters. The zero-order chi connectivity index (χ0) is 15.2. The second kappa shape index (κ2) is 7.57. The molecule has 0 spiro atoms. The lowest BCUT2D eigenvalue weighted by Gasteiger charge is -2.32. The molecule has 1 aromatic carbocycles. The highest BCUT2D eigenvalue weighted by Gasteiger charge is 2.18. The van der Waals surface area contributed by atoms with Crippen LogP contribution in [0.3, 0.4) is 0 Å². The van der Waals surface area contributed by atoms with E-state index in [-0.39, 0.29) is 5.91 Å². The number of hydrogen-bond acceptors (Lipinski definition) is 3. The Labute approximate surface area is 128 Å². The number of likely N-dealkylation sites (N-methyl/N-ethyl adjacent to an activating group) is 1. The molecule has 1 aliphatic rings. The molecule has 0 saturated carbocycles. The number of anilines is 1. The Balaban J connectivity index is 1.88. The maximum Gasteiger partial charge on any atom is 0.228 e. The molecule has 4 heteroatoms. The summed E-state index contributed by atoms with van der Waals surface area (Å²) in [5, 5.41) is 0. The molecule has 0 aliphatic carbocycles. The van der Waals surface area contributed by atoms with Crippen LogP contribution in [0, 0.1) is 6.92 Å². The summed E-state index contributed by atoms with van der Waals surface area (Å²) >= 11 is 0. The normalized spacial score (nSPS) is 16.9. The van der Waals surface area contributed by atoms with E-state index in [1.54, 1.807) is 0 Å². The highest BCUT2D eigenvalue weighted by atomic mass is 16.2. The van der Waals surface area contributed by atoms with Crippen LogP contribution in [-0.4, -0.2) is 62.0 Å². The van der Waals surface area contributed by atoms with Gasteiger partial charge in [0.25, 0.3) is 0 Å². The number of carbonyl (C=O) groups excluding carboxylic acids is 1. The van der Waals surface area contributed by atoms with Crippen LogP contribution in [0.1, 0.15) is 18.9 Å². The summed E-state index contributed by atoms with van der Waals surface area (Å²) in [7, 11) is 2.15. The highest BCUT2D eigenvalue weighted by molar-refractivity contribution is 5.93. The third-order valence-corrected chi connectivity index (χ3v) is 4.17. The summed E-state index contributed by atoms with van der Waals surface area (Å²) in [6.45, 7) is 10.0. The van der Waals surface area contributed by atoms with Gasteiger partial charge in [-0.25, -0.2) is 0 Å². The minimum atomic E-state index is 0.224. The Morgan fingerprint density at radius 1 is 1.24 bits per heavy atom. The summed E-state index contributed by atoms with van der Waals surface area (Å²) in [6.07, 6.45) is 0.603. The van der Waals surface area contributed by atoms with Gasteiger partial charge in [0.2, 0.25) is 5.91 Å². The number of benzene rings is 1. The molecule has 1 amide bonds. The topological polar surface area (TPSA) is 26.8 Å². The maximum absolute atomic E-state index is 12.5. The molecule has 1 aromatic rings. The van der Waals surface area contributed by atoms with Crippen molar-refractivity contribution in [3.8, 4) is 0 Å². The molecule has 0 bridgehead atoms. The Kier molecular flexibility index (Phi) is 5.76. The lowest BCUT2D eigenvalue weighted by molar-refractivity contribution is -0.119. The zero-order valence-corrected chi connectivity index (χ0v) is 13.5. The van der Waals surface area contributed by atoms with E-state index in [4.69, 9.17) is 0 Å². The van der Waals surface area contributed by atoms with Crippen molar-refractivity contribution < 1.29 is 4.79 Å². The van der Waals surface area contributed by atoms with Crippen molar-refractivity contribution >= 4 is 11.6 Å². The van der Waals surface area contributed by atoms with Gasteiger partial charge in [0, 0.05) is 51.4 Å². The van der Waals surface area contributed by atoms with E-state index in [1.807, 2.05) is 24.0 Å². The SMILES string of the molecule is CCN(C(=O)CCN1CCN(C)CC1)c1cccc(C)c1. The average molecular weight is 289 g/mol. The molecule has 1 fully saturated rings. The number of amides is 1. The third-order valence-electron chi connectivity index (χ3n) is 4.17. The van der Waals surface area contributed by atoms with E-state index < -0.39 is 0 Å². The minimum absolute atomic E-state index is 0.224. The number of nitrogens with zero attached hydrogens (tertiary/aromatic N) is 3. The number of rotatable bonds is 5. The van der Waals surface area contributed by atoms with Crippen molar-refractivity contribution in [3.63, 3.8) is 0 Å². The van der Waals surface area contributed by atoms with E-state index in [2.05, 4.69) is 35.9 Å².